The van der Waals surface area contributed by atoms with Gasteiger partial charge in [-0.15, -0.1) is 0 Å². The number of nitrogens with zero attached hydrogens (tertiary/aromatic N) is 3. The van der Waals surface area contributed by atoms with Crippen molar-refractivity contribution in [1.29, 1.82) is 0 Å². The SMILES string of the molecule is COCCNCCN(C)Cc1c(C)nn(C)c1Cl. The summed E-state index contributed by atoms with van der Waals surface area (Å²) in [6.45, 7) is 6.36. The fourth-order valence-electron chi connectivity index (χ4n) is 1.77. The average molecular weight is 275 g/mol. The fourth-order valence-corrected chi connectivity index (χ4v) is 2.01. The molecule has 104 valence electrons. The number of likely N-dealkylation sites (N-methyl/N-ethyl adjacent to an activating group) is 1. The lowest BCUT2D eigenvalue weighted by Crippen LogP contribution is -2.30. The molecule has 0 atom stereocenters. The van der Waals surface area contributed by atoms with E-state index >= 15 is 0 Å². The molecule has 0 spiro atoms. The van der Waals surface area contributed by atoms with Crippen molar-refractivity contribution in [3.63, 3.8) is 0 Å². The molecular formula is C12H23ClN4O. The molecule has 0 aliphatic rings. The van der Waals surface area contributed by atoms with Crippen molar-refractivity contribution in [3.05, 3.63) is 16.4 Å². The minimum Gasteiger partial charge on any atom is -0.383 e. The van der Waals surface area contributed by atoms with Crippen molar-refractivity contribution >= 4 is 11.6 Å². The second kappa shape index (κ2) is 7.74. The number of halogens is 1. The smallest absolute Gasteiger partial charge is 0.131 e. The van der Waals surface area contributed by atoms with Crippen LogP contribution in [0, 0.1) is 6.92 Å². The fraction of sp³-hybridized carbons (Fsp3) is 0.750. The quantitative estimate of drug-likeness (QED) is 0.720. The lowest BCUT2D eigenvalue weighted by Gasteiger charge is -2.16. The molecule has 1 N–H and O–H groups in total. The molecule has 1 aromatic heterocycles. The van der Waals surface area contributed by atoms with Crippen LogP contribution in [0.1, 0.15) is 11.3 Å². The van der Waals surface area contributed by atoms with E-state index in [1.165, 1.54) is 0 Å². The number of hydrogen-bond acceptors (Lipinski definition) is 4. The molecule has 0 aliphatic heterocycles. The predicted octanol–water partition coefficient (Wildman–Crippen LogP) is 1.05. The van der Waals surface area contributed by atoms with Gasteiger partial charge in [-0.25, -0.2) is 0 Å². The Kier molecular flexibility index (Phi) is 6.63. The van der Waals surface area contributed by atoms with Crippen LogP contribution < -0.4 is 5.32 Å². The highest BCUT2D eigenvalue weighted by Crippen LogP contribution is 2.19. The highest BCUT2D eigenvalue weighted by molar-refractivity contribution is 6.30. The maximum atomic E-state index is 6.20. The van der Waals surface area contributed by atoms with Crippen LogP contribution >= 0.6 is 11.6 Å². The van der Waals surface area contributed by atoms with Gasteiger partial charge in [-0.2, -0.15) is 5.10 Å². The summed E-state index contributed by atoms with van der Waals surface area (Å²) >= 11 is 6.20. The number of rotatable bonds is 8. The molecule has 5 nitrogen and oxygen atoms in total. The summed E-state index contributed by atoms with van der Waals surface area (Å²) in [5, 5.41) is 8.36. The molecule has 0 amide bonds. The van der Waals surface area contributed by atoms with Gasteiger partial charge < -0.3 is 15.0 Å². The first-order valence-electron chi connectivity index (χ1n) is 6.12. The Morgan fingerprint density at radius 3 is 2.72 bits per heavy atom. The van der Waals surface area contributed by atoms with Gasteiger partial charge in [0.1, 0.15) is 5.15 Å². The molecule has 0 aromatic carbocycles. The number of nitrogens with one attached hydrogen (secondary N) is 1. The van der Waals surface area contributed by atoms with Gasteiger partial charge in [0.05, 0.1) is 12.3 Å². The largest absolute Gasteiger partial charge is 0.383 e. The first-order chi connectivity index (χ1) is 8.56. The normalized spacial score (nSPS) is 11.4. The zero-order valence-electron chi connectivity index (χ0n) is 11.7. The molecule has 0 bridgehead atoms. The van der Waals surface area contributed by atoms with E-state index in [1.54, 1.807) is 11.8 Å². The van der Waals surface area contributed by atoms with Gasteiger partial charge in [-0.3, -0.25) is 4.68 Å². The van der Waals surface area contributed by atoms with Crippen LogP contribution in [0.25, 0.3) is 0 Å². The van der Waals surface area contributed by atoms with Crippen molar-refractivity contribution in [2.75, 3.05) is 40.4 Å². The second-order valence-electron chi connectivity index (χ2n) is 4.46. The average Bonchev–Trinajstić information content (AvgIpc) is 2.56. The van der Waals surface area contributed by atoms with E-state index in [2.05, 4.69) is 22.4 Å². The third-order valence-corrected chi connectivity index (χ3v) is 3.32. The van der Waals surface area contributed by atoms with Crippen molar-refractivity contribution in [2.45, 2.75) is 13.5 Å². The first kappa shape index (κ1) is 15.4. The topological polar surface area (TPSA) is 42.3 Å². The van der Waals surface area contributed by atoms with E-state index in [9.17, 15) is 0 Å². The van der Waals surface area contributed by atoms with Crippen LogP contribution in [0.5, 0.6) is 0 Å². The van der Waals surface area contributed by atoms with Crippen LogP contribution in [0.2, 0.25) is 5.15 Å². The summed E-state index contributed by atoms with van der Waals surface area (Å²) in [6, 6.07) is 0. The summed E-state index contributed by atoms with van der Waals surface area (Å²) in [6.07, 6.45) is 0. The zero-order chi connectivity index (χ0) is 13.5. The Balaban J connectivity index is 2.33. The summed E-state index contributed by atoms with van der Waals surface area (Å²) in [7, 11) is 5.66. The van der Waals surface area contributed by atoms with E-state index < -0.39 is 0 Å². The zero-order valence-corrected chi connectivity index (χ0v) is 12.4. The Hall–Kier alpha value is -0.620. The van der Waals surface area contributed by atoms with Gasteiger partial charge in [0.2, 0.25) is 0 Å². The van der Waals surface area contributed by atoms with Crippen molar-refractivity contribution < 1.29 is 4.74 Å². The molecule has 1 heterocycles. The molecule has 0 radical (unpaired) electrons. The van der Waals surface area contributed by atoms with Crippen molar-refractivity contribution in [2.24, 2.45) is 7.05 Å². The number of ether oxygens (including phenoxy) is 1. The molecule has 0 fully saturated rings. The van der Waals surface area contributed by atoms with Gasteiger partial charge in [0.25, 0.3) is 0 Å². The third-order valence-electron chi connectivity index (χ3n) is 2.85. The number of hydrogen-bond donors (Lipinski definition) is 1. The van der Waals surface area contributed by atoms with Gasteiger partial charge >= 0.3 is 0 Å². The number of methoxy groups -OCH3 is 1. The molecule has 0 aliphatic carbocycles. The summed E-state index contributed by atoms with van der Waals surface area (Å²) < 4.78 is 6.69. The Morgan fingerprint density at radius 1 is 1.44 bits per heavy atom. The number of aromatic nitrogens is 2. The lowest BCUT2D eigenvalue weighted by atomic mass is 10.2. The summed E-state index contributed by atoms with van der Waals surface area (Å²) in [4.78, 5) is 2.23. The number of aryl methyl sites for hydroxylation is 2. The second-order valence-corrected chi connectivity index (χ2v) is 4.82. The Labute approximate surface area is 114 Å². The monoisotopic (exact) mass is 274 g/mol. The van der Waals surface area contributed by atoms with Crippen molar-refractivity contribution in [3.8, 4) is 0 Å². The maximum Gasteiger partial charge on any atom is 0.131 e. The van der Waals surface area contributed by atoms with Gasteiger partial charge in [0.15, 0.2) is 0 Å². The van der Waals surface area contributed by atoms with Crippen LogP contribution in [0.4, 0.5) is 0 Å². The van der Waals surface area contributed by atoms with Crippen molar-refractivity contribution in [1.82, 2.24) is 20.0 Å². The van der Waals surface area contributed by atoms with Gasteiger partial charge in [-0.05, 0) is 14.0 Å². The molecule has 0 saturated heterocycles. The molecule has 18 heavy (non-hydrogen) atoms. The molecule has 6 heteroatoms. The molecule has 0 saturated carbocycles. The van der Waals surface area contributed by atoms with E-state index in [1.807, 2.05) is 14.0 Å². The molecular weight excluding hydrogens is 252 g/mol. The van der Waals surface area contributed by atoms with Crippen LogP contribution in [-0.2, 0) is 18.3 Å². The van der Waals surface area contributed by atoms with Crippen LogP contribution in [-0.4, -0.2) is 55.1 Å². The predicted molar refractivity (Wildman–Crippen MR) is 74.0 cm³/mol. The lowest BCUT2D eigenvalue weighted by molar-refractivity contribution is 0.197. The van der Waals surface area contributed by atoms with E-state index in [0.29, 0.717) is 0 Å². The first-order valence-corrected chi connectivity index (χ1v) is 6.50. The highest BCUT2D eigenvalue weighted by atomic mass is 35.5. The van der Waals surface area contributed by atoms with E-state index in [0.717, 1.165) is 49.2 Å². The van der Waals surface area contributed by atoms with Gasteiger partial charge in [-0.1, -0.05) is 11.6 Å². The minimum absolute atomic E-state index is 0.728. The van der Waals surface area contributed by atoms with E-state index in [-0.39, 0.29) is 0 Å². The summed E-state index contributed by atoms with van der Waals surface area (Å²) in [5.41, 5.74) is 2.11. The molecule has 0 unspecified atom stereocenters. The minimum atomic E-state index is 0.728. The van der Waals surface area contributed by atoms with Gasteiger partial charge in [0, 0.05) is 45.9 Å². The Bertz CT molecular complexity index is 367. The summed E-state index contributed by atoms with van der Waals surface area (Å²) in [5.74, 6) is 0. The highest BCUT2D eigenvalue weighted by Gasteiger charge is 2.12. The molecule has 1 aromatic rings. The van der Waals surface area contributed by atoms with Crippen LogP contribution in [0.15, 0.2) is 0 Å². The maximum absolute atomic E-state index is 6.20. The van der Waals surface area contributed by atoms with E-state index in [4.69, 9.17) is 16.3 Å². The Morgan fingerprint density at radius 2 is 2.17 bits per heavy atom. The molecule has 1 rings (SSSR count). The third kappa shape index (κ3) is 4.57. The standard InChI is InChI=1S/C12H23ClN4O/c1-10-11(12(13)17(3)15-10)9-16(2)7-5-14-6-8-18-4/h14H,5-9H2,1-4H3. The van der Waals surface area contributed by atoms with Crippen LogP contribution in [0.3, 0.4) is 0 Å².